The van der Waals surface area contributed by atoms with E-state index in [1.165, 1.54) is 6.26 Å². The van der Waals surface area contributed by atoms with Gasteiger partial charge in [0.1, 0.15) is 9.84 Å². The van der Waals surface area contributed by atoms with Gasteiger partial charge in [0.15, 0.2) is 0 Å². The van der Waals surface area contributed by atoms with Crippen LogP contribution in [-0.2, 0) is 14.6 Å². The maximum Gasteiger partial charge on any atom is 0.225 e. The normalized spacial score (nSPS) is 19.4. The molecule has 1 amide bonds. The number of amides is 1. The first kappa shape index (κ1) is 26.6. The molecule has 152 valence electrons. The molecule has 0 bridgehead atoms. The molecule has 2 saturated heterocycles. The fraction of sp³-hybridized carbons (Fsp3) is 0.947. The Morgan fingerprint density at radius 2 is 1.20 bits per heavy atom. The van der Waals surface area contributed by atoms with Crippen molar-refractivity contribution in [3.05, 3.63) is 0 Å². The molecule has 2 aliphatic heterocycles. The summed E-state index contributed by atoms with van der Waals surface area (Å²) in [7, 11) is -0.870. The van der Waals surface area contributed by atoms with Crippen molar-refractivity contribution >= 4 is 15.7 Å². The van der Waals surface area contributed by atoms with E-state index in [1.54, 1.807) is 0 Å². The maximum absolute atomic E-state index is 12.4. The summed E-state index contributed by atoms with van der Waals surface area (Å²) < 4.78 is 23.0. The third-order valence-electron chi connectivity index (χ3n) is 4.43. The number of rotatable bonds is 2. The average molecular weight is 379 g/mol. The lowest BCUT2D eigenvalue weighted by Gasteiger charge is -2.36. The summed E-state index contributed by atoms with van der Waals surface area (Å²) in [5.41, 5.74) is 0. The monoisotopic (exact) mass is 378 g/mol. The van der Waals surface area contributed by atoms with Gasteiger partial charge in [0.25, 0.3) is 0 Å². The first-order valence-corrected chi connectivity index (χ1v) is 12.0. The minimum absolute atomic E-state index is 0.144. The standard InChI is InChI=1S/C13H24N2O3S.3C2H6/c1-14-7-3-11(4-8-14)13(16)15-9-5-12(6-10-15)19(2,17)18;3*1-2/h11-12H,3-10H2,1-2H3;3*1-2H3. The van der Waals surface area contributed by atoms with Crippen molar-refractivity contribution in [3.63, 3.8) is 0 Å². The fourth-order valence-electron chi connectivity index (χ4n) is 3.02. The number of carbonyl (C=O) groups excluding carboxylic acids is 1. The fourth-order valence-corrected chi connectivity index (χ4v) is 4.09. The van der Waals surface area contributed by atoms with Gasteiger partial charge >= 0.3 is 0 Å². The number of hydrogen-bond donors (Lipinski definition) is 0. The molecule has 2 fully saturated rings. The Morgan fingerprint density at radius 1 is 0.800 bits per heavy atom. The molecule has 25 heavy (non-hydrogen) atoms. The number of likely N-dealkylation sites (tertiary alicyclic amines) is 2. The zero-order valence-electron chi connectivity index (χ0n) is 17.8. The molecule has 6 heteroatoms. The van der Waals surface area contributed by atoms with Gasteiger partial charge < -0.3 is 9.80 Å². The number of piperidine rings is 2. The van der Waals surface area contributed by atoms with E-state index in [0.29, 0.717) is 25.9 Å². The van der Waals surface area contributed by atoms with Crippen LogP contribution in [0.25, 0.3) is 0 Å². The number of sulfone groups is 1. The van der Waals surface area contributed by atoms with E-state index in [4.69, 9.17) is 0 Å². The zero-order valence-corrected chi connectivity index (χ0v) is 18.7. The second kappa shape index (κ2) is 14.5. The first-order chi connectivity index (χ1) is 11.9. The predicted octanol–water partition coefficient (Wildman–Crippen LogP) is 3.44. The molecule has 5 nitrogen and oxygen atoms in total. The molecule has 0 atom stereocenters. The Balaban J connectivity index is 0. The van der Waals surface area contributed by atoms with E-state index in [-0.39, 0.29) is 17.1 Å². The minimum atomic E-state index is -2.95. The van der Waals surface area contributed by atoms with Gasteiger partial charge in [0.2, 0.25) is 5.91 Å². The highest BCUT2D eigenvalue weighted by Gasteiger charge is 2.32. The molecular formula is C19H42N2O3S. The van der Waals surface area contributed by atoms with Gasteiger partial charge in [-0.25, -0.2) is 8.42 Å². The molecule has 0 radical (unpaired) electrons. The maximum atomic E-state index is 12.4. The van der Waals surface area contributed by atoms with Gasteiger partial charge in [-0.1, -0.05) is 41.5 Å². The molecule has 0 aromatic rings. The molecule has 2 rings (SSSR count). The van der Waals surface area contributed by atoms with E-state index < -0.39 is 9.84 Å². The lowest BCUT2D eigenvalue weighted by Crippen LogP contribution is -2.46. The van der Waals surface area contributed by atoms with Crippen LogP contribution in [0, 0.1) is 5.92 Å². The Kier molecular flexibility index (Phi) is 15.5. The summed E-state index contributed by atoms with van der Waals surface area (Å²) in [6.45, 7) is 15.2. The van der Waals surface area contributed by atoms with Crippen molar-refractivity contribution in [2.45, 2.75) is 72.5 Å². The van der Waals surface area contributed by atoms with Crippen LogP contribution in [0.1, 0.15) is 67.2 Å². The Morgan fingerprint density at radius 3 is 1.56 bits per heavy atom. The SMILES string of the molecule is CC.CC.CC.CN1CCC(C(=O)N2CCC(S(C)(=O)=O)CC2)CC1. The summed E-state index contributed by atoms with van der Waals surface area (Å²) in [5.74, 6) is 0.381. The number of hydrogen-bond acceptors (Lipinski definition) is 4. The van der Waals surface area contributed by atoms with Crippen LogP contribution in [0.4, 0.5) is 0 Å². The van der Waals surface area contributed by atoms with Crippen molar-refractivity contribution in [1.29, 1.82) is 0 Å². The molecular weight excluding hydrogens is 336 g/mol. The molecule has 0 unspecified atom stereocenters. The lowest BCUT2D eigenvalue weighted by atomic mass is 9.94. The van der Waals surface area contributed by atoms with Crippen LogP contribution < -0.4 is 0 Å². The third kappa shape index (κ3) is 9.59. The second-order valence-corrected chi connectivity index (χ2v) is 8.26. The number of nitrogens with zero attached hydrogens (tertiary/aromatic N) is 2. The molecule has 0 aliphatic carbocycles. The molecule has 2 aliphatic rings. The molecule has 0 N–H and O–H groups in total. The minimum Gasteiger partial charge on any atom is -0.342 e. The highest BCUT2D eigenvalue weighted by Crippen LogP contribution is 2.23. The Bertz CT molecular complexity index is 422. The van der Waals surface area contributed by atoms with Gasteiger partial charge in [0, 0.05) is 25.3 Å². The van der Waals surface area contributed by atoms with Gasteiger partial charge in [0.05, 0.1) is 5.25 Å². The van der Waals surface area contributed by atoms with E-state index in [0.717, 1.165) is 25.9 Å². The van der Waals surface area contributed by atoms with Gasteiger partial charge in [-0.2, -0.15) is 0 Å². The summed E-state index contributed by atoms with van der Waals surface area (Å²) in [4.78, 5) is 16.5. The Hall–Kier alpha value is -0.620. The van der Waals surface area contributed by atoms with Crippen molar-refractivity contribution in [2.24, 2.45) is 5.92 Å². The van der Waals surface area contributed by atoms with Crippen molar-refractivity contribution in [3.8, 4) is 0 Å². The van der Waals surface area contributed by atoms with Crippen molar-refractivity contribution in [1.82, 2.24) is 9.80 Å². The summed E-state index contributed by atoms with van der Waals surface area (Å²) in [5, 5.41) is -0.256. The van der Waals surface area contributed by atoms with Gasteiger partial charge in [-0.15, -0.1) is 0 Å². The third-order valence-corrected chi connectivity index (χ3v) is 6.11. The van der Waals surface area contributed by atoms with Crippen LogP contribution in [0.5, 0.6) is 0 Å². The smallest absolute Gasteiger partial charge is 0.225 e. The highest BCUT2D eigenvalue weighted by atomic mass is 32.2. The van der Waals surface area contributed by atoms with Crippen molar-refractivity contribution in [2.75, 3.05) is 39.5 Å². The summed E-state index contributed by atoms with van der Waals surface area (Å²) in [6, 6.07) is 0. The highest BCUT2D eigenvalue weighted by molar-refractivity contribution is 7.91. The number of carbonyl (C=O) groups is 1. The molecule has 0 aromatic heterocycles. The topological polar surface area (TPSA) is 57.7 Å². The van der Waals surface area contributed by atoms with Crippen LogP contribution in [0.3, 0.4) is 0 Å². The van der Waals surface area contributed by atoms with Crippen LogP contribution >= 0.6 is 0 Å². The summed E-state index contributed by atoms with van der Waals surface area (Å²) >= 11 is 0. The quantitative estimate of drug-likeness (QED) is 0.738. The lowest BCUT2D eigenvalue weighted by molar-refractivity contribution is -0.137. The second-order valence-electron chi connectivity index (χ2n) is 5.93. The van der Waals surface area contributed by atoms with E-state index in [1.807, 2.05) is 46.4 Å². The predicted molar refractivity (Wildman–Crippen MR) is 109 cm³/mol. The van der Waals surface area contributed by atoms with Gasteiger partial charge in [-0.3, -0.25) is 4.79 Å². The molecule has 0 saturated carbocycles. The van der Waals surface area contributed by atoms with Crippen molar-refractivity contribution < 1.29 is 13.2 Å². The van der Waals surface area contributed by atoms with Crippen LogP contribution in [0.15, 0.2) is 0 Å². The van der Waals surface area contributed by atoms with E-state index >= 15 is 0 Å². The first-order valence-electron chi connectivity index (χ1n) is 10.0. The Labute approximate surface area is 157 Å². The zero-order chi connectivity index (χ0) is 20.0. The summed E-state index contributed by atoms with van der Waals surface area (Å²) in [6.07, 6.45) is 4.35. The van der Waals surface area contributed by atoms with Crippen LogP contribution in [0.2, 0.25) is 0 Å². The largest absolute Gasteiger partial charge is 0.342 e. The average Bonchev–Trinajstić information content (AvgIpc) is 2.66. The van der Waals surface area contributed by atoms with Gasteiger partial charge in [-0.05, 0) is 45.8 Å². The molecule has 0 spiro atoms. The molecule has 0 aromatic carbocycles. The van der Waals surface area contributed by atoms with E-state index in [9.17, 15) is 13.2 Å². The molecule has 2 heterocycles. The van der Waals surface area contributed by atoms with E-state index in [2.05, 4.69) is 11.9 Å². The van der Waals surface area contributed by atoms with Crippen LogP contribution in [-0.4, -0.2) is 68.9 Å².